The van der Waals surface area contributed by atoms with E-state index in [1.807, 2.05) is 24.3 Å². The molecule has 2 aromatic heterocycles. The minimum Gasteiger partial charge on any atom is -0.306 e. The molecule has 0 saturated heterocycles. The monoisotopic (exact) mass is 322 g/mol. The van der Waals surface area contributed by atoms with E-state index in [0.717, 1.165) is 28.6 Å². The Morgan fingerprint density at radius 1 is 1.17 bits per heavy atom. The Hall–Kier alpha value is -2.20. The number of aryl methyl sites for hydroxylation is 3. The van der Waals surface area contributed by atoms with E-state index in [1.165, 1.54) is 28.8 Å². The minimum atomic E-state index is -0.00108. The second kappa shape index (κ2) is 5.78. The normalized spacial score (nSPS) is 14.5. The summed E-state index contributed by atoms with van der Waals surface area (Å²) in [6, 6.07) is 8.17. The van der Waals surface area contributed by atoms with Gasteiger partial charge in [0, 0.05) is 4.88 Å². The zero-order chi connectivity index (χ0) is 15.8. The quantitative estimate of drug-likeness (QED) is 0.763. The largest absolute Gasteiger partial charge is 0.306 e. The van der Waals surface area contributed by atoms with Crippen LogP contribution in [0.1, 0.15) is 40.2 Å². The summed E-state index contributed by atoms with van der Waals surface area (Å²) in [7, 11) is 0. The summed E-state index contributed by atoms with van der Waals surface area (Å²) in [4.78, 5) is 22.3. The van der Waals surface area contributed by atoms with Gasteiger partial charge in [-0.3, -0.25) is 4.79 Å². The maximum absolute atomic E-state index is 12.5. The van der Waals surface area contributed by atoms with Crippen LogP contribution in [0, 0.1) is 6.92 Å². The van der Waals surface area contributed by atoms with Gasteiger partial charge in [-0.2, -0.15) is 0 Å². The van der Waals surface area contributed by atoms with Crippen molar-refractivity contribution in [3.63, 3.8) is 0 Å². The Labute approximate surface area is 138 Å². The molecule has 0 aliphatic heterocycles. The fourth-order valence-corrected chi connectivity index (χ4v) is 4.47. The van der Waals surface area contributed by atoms with Gasteiger partial charge in [-0.25, -0.2) is 4.98 Å². The lowest BCUT2D eigenvalue weighted by atomic mass is 9.97. The van der Waals surface area contributed by atoms with Crippen molar-refractivity contribution in [1.82, 2.24) is 9.97 Å². The van der Waals surface area contributed by atoms with Gasteiger partial charge >= 0.3 is 0 Å². The highest BCUT2D eigenvalue weighted by Gasteiger charge is 2.19. The van der Waals surface area contributed by atoms with Crippen molar-refractivity contribution in [1.29, 1.82) is 0 Å². The Morgan fingerprint density at radius 3 is 2.87 bits per heavy atom. The van der Waals surface area contributed by atoms with E-state index in [2.05, 4.69) is 29.0 Å². The van der Waals surface area contributed by atoms with E-state index in [9.17, 15) is 4.79 Å². The topological polar surface area (TPSA) is 45.8 Å². The SMILES string of the molecule is Cc1ccccc1C=Cc1nc2sc3c(c2c(=O)[nH]1)CCCC3. The first-order chi connectivity index (χ1) is 11.2. The summed E-state index contributed by atoms with van der Waals surface area (Å²) in [6.07, 6.45) is 8.39. The fourth-order valence-electron chi connectivity index (χ4n) is 3.20. The highest BCUT2D eigenvalue weighted by Crippen LogP contribution is 2.33. The highest BCUT2D eigenvalue weighted by atomic mass is 32.1. The first kappa shape index (κ1) is 14.4. The molecule has 0 unspecified atom stereocenters. The molecule has 0 bridgehead atoms. The van der Waals surface area contributed by atoms with E-state index in [1.54, 1.807) is 11.3 Å². The highest BCUT2D eigenvalue weighted by molar-refractivity contribution is 7.18. The number of hydrogen-bond acceptors (Lipinski definition) is 3. The number of thiophene rings is 1. The van der Waals surface area contributed by atoms with Gasteiger partial charge in [0.25, 0.3) is 5.56 Å². The molecule has 0 radical (unpaired) electrons. The number of nitrogens with one attached hydrogen (secondary N) is 1. The molecule has 1 aliphatic carbocycles. The van der Waals surface area contributed by atoms with Gasteiger partial charge in [-0.05, 0) is 55.4 Å². The summed E-state index contributed by atoms with van der Waals surface area (Å²) < 4.78 is 0. The van der Waals surface area contributed by atoms with Gasteiger partial charge in [0.15, 0.2) is 0 Å². The van der Waals surface area contributed by atoms with E-state index in [4.69, 9.17) is 0 Å². The average Bonchev–Trinajstić information content (AvgIpc) is 2.93. The molecule has 4 heteroatoms. The van der Waals surface area contributed by atoms with Gasteiger partial charge in [-0.15, -0.1) is 11.3 Å². The van der Waals surface area contributed by atoms with Crippen LogP contribution in [0.25, 0.3) is 22.4 Å². The first-order valence-electron chi connectivity index (χ1n) is 8.00. The van der Waals surface area contributed by atoms with Crippen LogP contribution >= 0.6 is 11.3 Å². The fraction of sp³-hybridized carbons (Fsp3) is 0.263. The van der Waals surface area contributed by atoms with Gasteiger partial charge < -0.3 is 4.98 Å². The molecule has 23 heavy (non-hydrogen) atoms. The summed E-state index contributed by atoms with van der Waals surface area (Å²) in [5.41, 5.74) is 3.58. The lowest BCUT2D eigenvalue weighted by Crippen LogP contribution is -2.11. The molecule has 1 N–H and O–H groups in total. The molecular formula is C19H18N2OS. The van der Waals surface area contributed by atoms with Gasteiger partial charge in [0.05, 0.1) is 5.39 Å². The van der Waals surface area contributed by atoms with Crippen LogP contribution in [0.15, 0.2) is 29.1 Å². The van der Waals surface area contributed by atoms with Crippen molar-refractivity contribution in [2.24, 2.45) is 0 Å². The number of H-pyrrole nitrogens is 1. The number of aromatic amines is 1. The Balaban J connectivity index is 1.77. The van der Waals surface area contributed by atoms with Crippen molar-refractivity contribution in [3.05, 3.63) is 62.0 Å². The van der Waals surface area contributed by atoms with Crippen LogP contribution in [-0.2, 0) is 12.8 Å². The maximum Gasteiger partial charge on any atom is 0.260 e. The third kappa shape index (κ3) is 2.63. The van der Waals surface area contributed by atoms with Crippen LogP contribution in [-0.4, -0.2) is 9.97 Å². The number of benzene rings is 1. The van der Waals surface area contributed by atoms with Crippen LogP contribution in [0.2, 0.25) is 0 Å². The smallest absolute Gasteiger partial charge is 0.260 e. The lowest BCUT2D eigenvalue weighted by Gasteiger charge is -2.09. The summed E-state index contributed by atoms with van der Waals surface area (Å²) in [6.45, 7) is 2.08. The van der Waals surface area contributed by atoms with Crippen molar-refractivity contribution >= 4 is 33.7 Å². The molecule has 116 valence electrons. The third-order valence-corrected chi connectivity index (χ3v) is 5.64. The number of hydrogen-bond donors (Lipinski definition) is 1. The van der Waals surface area contributed by atoms with Crippen LogP contribution in [0.4, 0.5) is 0 Å². The molecule has 4 rings (SSSR count). The number of rotatable bonds is 2. The summed E-state index contributed by atoms with van der Waals surface area (Å²) in [5, 5.41) is 0.817. The molecule has 0 saturated carbocycles. The minimum absolute atomic E-state index is 0.00108. The Bertz CT molecular complexity index is 965. The van der Waals surface area contributed by atoms with E-state index in [-0.39, 0.29) is 5.56 Å². The molecule has 3 aromatic rings. The van der Waals surface area contributed by atoms with Crippen LogP contribution < -0.4 is 5.56 Å². The second-order valence-corrected chi connectivity index (χ2v) is 7.12. The zero-order valence-corrected chi connectivity index (χ0v) is 13.9. The van der Waals surface area contributed by atoms with Gasteiger partial charge in [0.1, 0.15) is 10.7 Å². The molecule has 0 amide bonds. The van der Waals surface area contributed by atoms with Crippen molar-refractivity contribution < 1.29 is 0 Å². The summed E-state index contributed by atoms with van der Waals surface area (Å²) >= 11 is 1.69. The summed E-state index contributed by atoms with van der Waals surface area (Å²) in [5.74, 6) is 0.629. The standard InChI is InChI=1S/C19H18N2OS/c1-12-6-2-3-7-13(12)10-11-16-20-18(22)17-14-8-4-5-9-15(14)23-19(17)21-16/h2-3,6-7,10-11H,4-5,8-9H2,1H3,(H,20,21,22). The number of fused-ring (bicyclic) bond motifs is 3. The van der Waals surface area contributed by atoms with E-state index >= 15 is 0 Å². The van der Waals surface area contributed by atoms with Crippen LogP contribution in [0.3, 0.4) is 0 Å². The molecule has 1 aromatic carbocycles. The molecule has 3 nitrogen and oxygen atoms in total. The molecule has 2 heterocycles. The van der Waals surface area contributed by atoms with E-state index in [0.29, 0.717) is 5.82 Å². The van der Waals surface area contributed by atoms with Crippen molar-refractivity contribution in [2.45, 2.75) is 32.6 Å². The predicted octanol–water partition coefficient (Wildman–Crippen LogP) is 4.34. The predicted molar refractivity (Wildman–Crippen MR) is 97.0 cm³/mol. The van der Waals surface area contributed by atoms with E-state index < -0.39 is 0 Å². The maximum atomic E-state index is 12.5. The Morgan fingerprint density at radius 2 is 2.00 bits per heavy atom. The van der Waals surface area contributed by atoms with Gasteiger partial charge in [0.2, 0.25) is 0 Å². The second-order valence-electron chi connectivity index (χ2n) is 6.03. The van der Waals surface area contributed by atoms with Crippen molar-refractivity contribution in [3.8, 4) is 0 Å². The number of aromatic nitrogens is 2. The molecule has 1 aliphatic rings. The molecule has 0 spiro atoms. The van der Waals surface area contributed by atoms with Crippen molar-refractivity contribution in [2.75, 3.05) is 0 Å². The van der Waals surface area contributed by atoms with Crippen LogP contribution in [0.5, 0.6) is 0 Å². The average molecular weight is 322 g/mol. The third-order valence-electron chi connectivity index (χ3n) is 4.45. The zero-order valence-electron chi connectivity index (χ0n) is 13.1. The molecule has 0 fully saturated rings. The molecular weight excluding hydrogens is 304 g/mol. The lowest BCUT2D eigenvalue weighted by molar-refractivity contribution is 0.700. The first-order valence-corrected chi connectivity index (χ1v) is 8.82. The number of nitrogens with zero attached hydrogens (tertiary/aromatic N) is 1. The molecule has 0 atom stereocenters. The van der Waals surface area contributed by atoms with Gasteiger partial charge in [-0.1, -0.05) is 30.3 Å². The Kier molecular flexibility index (Phi) is 3.62.